The zero-order valence-corrected chi connectivity index (χ0v) is 9.01. The molecule has 2 amide bonds. The molecule has 9 nitrogen and oxygen atoms in total. The van der Waals surface area contributed by atoms with Crippen molar-refractivity contribution in [2.24, 2.45) is 0 Å². The number of carbonyl (C=O) groups excluding carboxylic acids is 2. The predicted octanol–water partition coefficient (Wildman–Crippen LogP) is -1.93. The molecule has 0 bridgehead atoms. The van der Waals surface area contributed by atoms with Gasteiger partial charge < -0.3 is 5.11 Å². The summed E-state index contributed by atoms with van der Waals surface area (Å²) in [5.74, 6) is -1.92. The number of aromatic nitrogens is 3. The molecule has 0 radical (unpaired) electrons. The number of carboxylic acids is 1. The normalized spacial score (nSPS) is 9.71. The first-order valence-corrected chi connectivity index (χ1v) is 4.63. The first-order valence-electron chi connectivity index (χ1n) is 4.63. The van der Waals surface area contributed by atoms with E-state index in [0.29, 0.717) is 0 Å². The molecule has 1 aromatic rings. The van der Waals surface area contributed by atoms with Gasteiger partial charge >= 0.3 is 5.97 Å². The van der Waals surface area contributed by atoms with Crippen molar-refractivity contribution in [2.75, 3.05) is 0 Å². The molecule has 0 aliphatic heterocycles. The van der Waals surface area contributed by atoms with Crippen LogP contribution in [0.2, 0.25) is 0 Å². The van der Waals surface area contributed by atoms with Crippen LogP contribution in [0.15, 0.2) is 6.20 Å². The maximum atomic E-state index is 11.2. The van der Waals surface area contributed by atoms with E-state index in [0.717, 1.165) is 0 Å². The largest absolute Gasteiger partial charge is 0.481 e. The van der Waals surface area contributed by atoms with E-state index in [2.05, 4.69) is 21.2 Å². The number of nitrogens with one attached hydrogen (secondary N) is 2. The number of hydrazine groups is 1. The molecule has 1 heterocycles. The molecule has 1 aromatic heterocycles. The fraction of sp³-hybridized carbons (Fsp3) is 0.375. The number of carboxylic acid groups (broad SMARTS) is 1. The summed E-state index contributed by atoms with van der Waals surface area (Å²) in [5, 5.41) is 15.6. The smallest absolute Gasteiger partial charge is 0.309 e. The lowest BCUT2D eigenvalue weighted by Crippen LogP contribution is -2.42. The molecule has 0 aromatic carbocycles. The maximum absolute atomic E-state index is 11.2. The fourth-order valence-electron chi connectivity index (χ4n) is 0.996. The molecule has 3 N–H and O–H groups in total. The van der Waals surface area contributed by atoms with Gasteiger partial charge in [-0.15, -0.1) is 5.10 Å². The van der Waals surface area contributed by atoms with Gasteiger partial charge in [0.1, 0.15) is 6.54 Å². The van der Waals surface area contributed by atoms with E-state index in [1.54, 1.807) is 0 Å². The van der Waals surface area contributed by atoms with Gasteiger partial charge in [-0.3, -0.25) is 25.2 Å². The highest BCUT2D eigenvalue weighted by atomic mass is 16.4. The van der Waals surface area contributed by atoms with Crippen molar-refractivity contribution in [1.82, 2.24) is 25.8 Å². The Bertz CT molecular complexity index is 441. The Morgan fingerprint density at radius 2 is 2.12 bits per heavy atom. The third-order valence-corrected chi connectivity index (χ3v) is 1.60. The number of hydrogen-bond donors (Lipinski definition) is 3. The number of rotatable bonds is 4. The SMILES string of the molecule is CC(=O)NNC(=O)Cn1cc(CC(=O)O)nn1. The van der Waals surface area contributed by atoms with Crippen molar-refractivity contribution in [2.45, 2.75) is 19.9 Å². The summed E-state index contributed by atoms with van der Waals surface area (Å²) in [7, 11) is 0. The number of hydrogen-bond acceptors (Lipinski definition) is 5. The molecule has 17 heavy (non-hydrogen) atoms. The molecule has 0 fully saturated rings. The lowest BCUT2D eigenvalue weighted by Gasteiger charge is -2.03. The number of carbonyl (C=O) groups is 3. The van der Waals surface area contributed by atoms with E-state index < -0.39 is 17.8 Å². The van der Waals surface area contributed by atoms with Crippen LogP contribution in [0.5, 0.6) is 0 Å². The second-order valence-electron chi connectivity index (χ2n) is 3.21. The van der Waals surface area contributed by atoms with Gasteiger partial charge in [-0.05, 0) is 0 Å². The van der Waals surface area contributed by atoms with Gasteiger partial charge in [-0.2, -0.15) is 0 Å². The Kier molecular flexibility index (Phi) is 4.14. The average Bonchev–Trinajstić information content (AvgIpc) is 2.61. The second kappa shape index (κ2) is 5.58. The predicted molar refractivity (Wildman–Crippen MR) is 53.3 cm³/mol. The number of aliphatic carboxylic acids is 1. The van der Waals surface area contributed by atoms with E-state index in [4.69, 9.17) is 5.11 Å². The van der Waals surface area contributed by atoms with Crippen molar-refractivity contribution in [3.05, 3.63) is 11.9 Å². The topological polar surface area (TPSA) is 126 Å². The van der Waals surface area contributed by atoms with Crippen molar-refractivity contribution in [1.29, 1.82) is 0 Å². The first-order chi connectivity index (χ1) is 7.97. The fourth-order valence-corrected chi connectivity index (χ4v) is 0.996. The number of nitrogens with zero attached hydrogens (tertiary/aromatic N) is 3. The molecule has 0 saturated heterocycles. The monoisotopic (exact) mass is 241 g/mol. The first kappa shape index (κ1) is 12.6. The molecule has 0 saturated carbocycles. The third kappa shape index (κ3) is 4.73. The molecule has 0 aliphatic carbocycles. The van der Waals surface area contributed by atoms with Gasteiger partial charge in [0.25, 0.3) is 5.91 Å². The lowest BCUT2D eigenvalue weighted by molar-refractivity contribution is -0.136. The highest BCUT2D eigenvalue weighted by Gasteiger charge is 2.08. The van der Waals surface area contributed by atoms with E-state index in [1.807, 2.05) is 0 Å². The van der Waals surface area contributed by atoms with Crippen LogP contribution in [-0.2, 0) is 27.3 Å². The van der Waals surface area contributed by atoms with Crippen LogP contribution < -0.4 is 10.9 Å². The van der Waals surface area contributed by atoms with Crippen molar-refractivity contribution in [3.63, 3.8) is 0 Å². The summed E-state index contributed by atoms with van der Waals surface area (Å²) in [6, 6.07) is 0. The van der Waals surface area contributed by atoms with E-state index >= 15 is 0 Å². The van der Waals surface area contributed by atoms with Gasteiger partial charge in [-0.1, -0.05) is 5.21 Å². The van der Waals surface area contributed by atoms with Crippen LogP contribution in [0.1, 0.15) is 12.6 Å². The van der Waals surface area contributed by atoms with Crippen LogP contribution in [0.3, 0.4) is 0 Å². The van der Waals surface area contributed by atoms with Gasteiger partial charge in [0, 0.05) is 13.1 Å². The quantitative estimate of drug-likeness (QED) is 0.527. The van der Waals surface area contributed by atoms with Crippen LogP contribution >= 0.6 is 0 Å². The molecule has 0 atom stereocenters. The summed E-state index contributed by atoms with van der Waals surface area (Å²) in [6.07, 6.45) is 1.09. The van der Waals surface area contributed by atoms with Gasteiger partial charge in [0.15, 0.2) is 0 Å². The molecular weight excluding hydrogens is 230 g/mol. The average molecular weight is 241 g/mol. The highest BCUT2D eigenvalue weighted by Crippen LogP contribution is 1.94. The minimum Gasteiger partial charge on any atom is -0.481 e. The molecule has 92 valence electrons. The lowest BCUT2D eigenvalue weighted by atomic mass is 10.3. The molecule has 0 aliphatic rings. The second-order valence-corrected chi connectivity index (χ2v) is 3.21. The van der Waals surface area contributed by atoms with Crippen LogP contribution in [0.4, 0.5) is 0 Å². The Balaban J connectivity index is 2.46. The van der Waals surface area contributed by atoms with Crippen LogP contribution in [0.25, 0.3) is 0 Å². The van der Waals surface area contributed by atoms with E-state index in [-0.39, 0.29) is 18.7 Å². The summed E-state index contributed by atoms with van der Waals surface area (Å²) >= 11 is 0. The Morgan fingerprint density at radius 3 is 2.71 bits per heavy atom. The minimum atomic E-state index is -1.03. The zero-order valence-electron chi connectivity index (χ0n) is 9.01. The van der Waals surface area contributed by atoms with Crippen LogP contribution in [0, 0.1) is 0 Å². The summed E-state index contributed by atoms with van der Waals surface area (Å²) in [6.45, 7) is 1.09. The zero-order chi connectivity index (χ0) is 12.8. The molecule has 1 rings (SSSR count). The molecule has 9 heteroatoms. The standard InChI is InChI=1S/C8H11N5O4/c1-5(14)9-11-7(15)4-13-3-6(10-12-13)2-8(16)17/h3H,2,4H2,1H3,(H,9,14)(H,11,15)(H,16,17). The summed E-state index contributed by atoms with van der Waals surface area (Å²) in [5.41, 5.74) is 4.50. The maximum Gasteiger partial charge on any atom is 0.309 e. The highest BCUT2D eigenvalue weighted by molar-refractivity contribution is 5.80. The summed E-state index contributed by atoms with van der Waals surface area (Å²) < 4.78 is 1.18. The molecular formula is C8H11N5O4. The van der Waals surface area contributed by atoms with Gasteiger partial charge in [0.05, 0.1) is 12.1 Å². The van der Waals surface area contributed by atoms with Crippen LogP contribution in [-0.4, -0.2) is 37.9 Å². The van der Waals surface area contributed by atoms with E-state index in [9.17, 15) is 14.4 Å². The van der Waals surface area contributed by atoms with E-state index in [1.165, 1.54) is 17.8 Å². The third-order valence-electron chi connectivity index (χ3n) is 1.60. The van der Waals surface area contributed by atoms with Gasteiger partial charge in [-0.25, -0.2) is 4.68 Å². The molecule has 0 spiro atoms. The Hall–Kier alpha value is -2.45. The number of amides is 2. The minimum absolute atomic E-state index is 0.160. The van der Waals surface area contributed by atoms with Gasteiger partial charge in [0.2, 0.25) is 5.91 Å². The van der Waals surface area contributed by atoms with Crippen molar-refractivity contribution >= 4 is 17.8 Å². The summed E-state index contributed by atoms with van der Waals surface area (Å²) in [4.78, 5) is 32.1. The Morgan fingerprint density at radius 1 is 1.41 bits per heavy atom. The Labute approximate surface area is 95.8 Å². The molecule has 0 unspecified atom stereocenters. The van der Waals surface area contributed by atoms with Crippen molar-refractivity contribution < 1.29 is 19.5 Å². The van der Waals surface area contributed by atoms with Crippen molar-refractivity contribution in [3.8, 4) is 0 Å².